The molecule has 0 radical (unpaired) electrons. The van der Waals surface area contributed by atoms with Crippen LogP contribution >= 0.6 is 0 Å². The Labute approximate surface area is 144 Å². The van der Waals surface area contributed by atoms with Crippen molar-refractivity contribution < 1.29 is 9.18 Å². The number of benzene rings is 2. The standard InChI is InChI=1S/C19H17FN4O/c1-21-19(25)16-10-11-17(24-23-16)22-18(13-6-3-2-4-7-13)14-8-5-9-15(20)12-14/h2-12,18H,1H3,(H,21,25)(H,22,24). The molecule has 25 heavy (non-hydrogen) atoms. The number of halogens is 1. The molecule has 1 aromatic heterocycles. The topological polar surface area (TPSA) is 66.9 Å². The molecule has 2 N–H and O–H groups in total. The molecule has 6 heteroatoms. The van der Waals surface area contributed by atoms with Crippen molar-refractivity contribution in [1.82, 2.24) is 15.5 Å². The number of anilines is 1. The van der Waals surface area contributed by atoms with Crippen molar-refractivity contribution in [3.05, 3.63) is 89.4 Å². The summed E-state index contributed by atoms with van der Waals surface area (Å²) in [6, 6.07) is 19.0. The van der Waals surface area contributed by atoms with E-state index in [4.69, 9.17) is 0 Å². The van der Waals surface area contributed by atoms with Crippen LogP contribution in [0, 0.1) is 5.82 Å². The molecule has 126 valence electrons. The molecule has 1 amide bonds. The van der Waals surface area contributed by atoms with Gasteiger partial charge in [-0.15, -0.1) is 10.2 Å². The Balaban J connectivity index is 1.91. The fourth-order valence-electron chi connectivity index (χ4n) is 2.50. The molecule has 0 aliphatic carbocycles. The molecule has 0 saturated heterocycles. The van der Waals surface area contributed by atoms with Crippen LogP contribution < -0.4 is 10.6 Å². The highest BCUT2D eigenvalue weighted by molar-refractivity contribution is 5.91. The predicted molar refractivity (Wildman–Crippen MR) is 93.7 cm³/mol. The minimum atomic E-state index is -0.304. The van der Waals surface area contributed by atoms with E-state index in [0.29, 0.717) is 5.82 Å². The van der Waals surface area contributed by atoms with Gasteiger partial charge in [0.15, 0.2) is 5.69 Å². The number of carbonyl (C=O) groups is 1. The largest absolute Gasteiger partial charge is 0.358 e. The molecule has 3 aromatic rings. The maximum Gasteiger partial charge on any atom is 0.271 e. The van der Waals surface area contributed by atoms with Gasteiger partial charge in [0, 0.05) is 7.05 Å². The minimum absolute atomic E-state index is 0.232. The first-order chi connectivity index (χ1) is 12.2. The Morgan fingerprint density at radius 2 is 1.72 bits per heavy atom. The zero-order valence-corrected chi connectivity index (χ0v) is 13.6. The van der Waals surface area contributed by atoms with E-state index in [1.807, 2.05) is 36.4 Å². The van der Waals surface area contributed by atoms with Crippen LogP contribution in [0.1, 0.15) is 27.7 Å². The number of carbonyl (C=O) groups excluding carboxylic acids is 1. The van der Waals surface area contributed by atoms with Gasteiger partial charge >= 0.3 is 0 Å². The Bertz CT molecular complexity index is 853. The normalized spacial score (nSPS) is 11.6. The van der Waals surface area contributed by atoms with E-state index in [1.165, 1.54) is 19.2 Å². The SMILES string of the molecule is CNC(=O)c1ccc(NC(c2ccccc2)c2cccc(F)c2)nn1. The number of hydrogen-bond donors (Lipinski definition) is 2. The van der Waals surface area contributed by atoms with Crippen molar-refractivity contribution >= 4 is 11.7 Å². The summed E-state index contributed by atoms with van der Waals surface area (Å²) < 4.78 is 13.7. The maximum absolute atomic E-state index is 13.7. The summed E-state index contributed by atoms with van der Waals surface area (Å²) in [7, 11) is 1.53. The molecule has 0 fully saturated rings. The van der Waals surface area contributed by atoms with Crippen molar-refractivity contribution in [3.63, 3.8) is 0 Å². The molecule has 0 aliphatic heterocycles. The Kier molecular flexibility index (Phi) is 4.99. The molecule has 0 spiro atoms. The number of amides is 1. The molecular formula is C19H17FN4O. The van der Waals surface area contributed by atoms with Crippen LogP contribution in [0.3, 0.4) is 0 Å². The lowest BCUT2D eigenvalue weighted by molar-refractivity contribution is 0.0957. The Morgan fingerprint density at radius 3 is 2.36 bits per heavy atom. The van der Waals surface area contributed by atoms with Gasteiger partial charge in [-0.3, -0.25) is 4.79 Å². The number of aromatic nitrogens is 2. The van der Waals surface area contributed by atoms with E-state index < -0.39 is 0 Å². The van der Waals surface area contributed by atoms with Crippen LogP contribution in [0.25, 0.3) is 0 Å². The molecule has 3 rings (SSSR count). The summed E-state index contributed by atoms with van der Waals surface area (Å²) in [4.78, 5) is 11.6. The van der Waals surface area contributed by atoms with Crippen LogP contribution in [-0.4, -0.2) is 23.2 Å². The van der Waals surface area contributed by atoms with Gasteiger partial charge < -0.3 is 10.6 Å². The maximum atomic E-state index is 13.7. The van der Waals surface area contributed by atoms with Crippen LogP contribution in [-0.2, 0) is 0 Å². The Morgan fingerprint density at radius 1 is 0.960 bits per heavy atom. The van der Waals surface area contributed by atoms with E-state index in [9.17, 15) is 9.18 Å². The van der Waals surface area contributed by atoms with Crippen molar-refractivity contribution in [2.45, 2.75) is 6.04 Å². The third-order valence-corrected chi connectivity index (χ3v) is 3.73. The second-order valence-electron chi connectivity index (χ2n) is 5.43. The molecule has 1 unspecified atom stereocenters. The number of nitrogens with zero attached hydrogens (tertiary/aromatic N) is 2. The quantitative estimate of drug-likeness (QED) is 0.751. The molecule has 0 aliphatic rings. The van der Waals surface area contributed by atoms with Gasteiger partial charge in [0.05, 0.1) is 6.04 Å². The number of nitrogens with one attached hydrogen (secondary N) is 2. The Hall–Kier alpha value is -3.28. The zero-order chi connectivity index (χ0) is 17.6. The highest BCUT2D eigenvalue weighted by Crippen LogP contribution is 2.26. The van der Waals surface area contributed by atoms with Gasteiger partial charge in [0.2, 0.25) is 0 Å². The molecule has 1 heterocycles. The molecule has 0 saturated carbocycles. The van der Waals surface area contributed by atoms with Crippen molar-refractivity contribution in [1.29, 1.82) is 0 Å². The summed E-state index contributed by atoms with van der Waals surface area (Å²) >= 11 is 0. The first-order valence-electron chi connectivity index (χ1n) is 7.80. The van der Waals surface area contributed by atoms with Gasteiger partial charge in [-0.2, -0.15) is 0 Å². The third-order valence-electron chi connectivity index (χ3n) is 3.73. The average Bonchev–Trinajstić information content (AvgIpc) is 2.66. The van der Waals surface area contributed by atoms with Crippen molar-refractivity contribution in [2.24, 2.45) is 0 Å². The van der Waals surface area contributed by atoms with E-state index in [-0.39, 0.29) is 23.5 Å². The lowest BCUT2D eigenvalue weighted by Gasteiger charge is -2.20. The number of rotatable bonds is 5. The lowest BCUT2D eigenvalue weighted by Crippen LogP contribution is -2.20. The van der Waals surface area contributed by atoms with Crippen LogP contribution in [0.2, 0.25) is 0 Å². The molecule has 1 atom stereocenters. The molecular weight excluding hydrogens is 319 g/mol. The summed E-state index contributed by atoms with van der Waals surface area (Å²) in [5.74, 6) is -0.115. The molecule has 0 bridgehead atoms. The van der Waals surface area contributed by atoms with Gasteiger partial charge in [-0.05, 0) is 35.4 Å². The second-order valence-corrected chi connectivity index (χ2v) is 5.43. The highest BCUT2D eigenvalue weighted by Gasteiger charge is 2.16. The van der Waals surface area contributed by atoms with E-state index in [0.717, 1.165) is 11.1 Å². The van der Waals surface area contributed by atoms with E-state index in [2.05, 4.69) is 20.8 Å². The fraction of sp³-hybridized carbons (Fsp3) is 0.105. The fourth-order valence-corrected chi connectivity index (χ4v) is 2.50. The summed E-state index contributed by atoms with van der Waals surface area (Å²) in [5.41, 5.74) is 1.96. The average molecular weight is 336 g/mol. The van der Waals surface area contributed by atoms with Gasteiger partial charge in [-0.25, -0.2) is 4.39 Å². The molecule has 5 nitrogen and oxygen atoms in total. The van der Waals surface area contributed by atoms with Crippen LogP contribution in [0.4, 0.5) is 10.2 Å². The van der Waals surface area contributed by atoms with Gasteiger partial charge in [0.1, 0.15) is 11.6 Å². The second kappa shape index (κ2) is 7.53. The smallest absolute Gasteiger partial charge is 0.271 e. The predicted octanol–water partition coefficient (Wildman–Crippen LogP) is 3.18. The van der Waals surface area contributed by atoms with Crippen molar-refractivity contribution in [2.75, 3.05) is 12.4 Å². The van der Waals surface area contributed by atoms with E-state index in [1.54, 1.807) is 18.2 Å². The summed E-state index contributed by atoms with van der Waals surface area (Å²) in [6.45, 7) is 0. The number of hydrogen-bond acceptors (Lipinski definition) is 4. The lowest BCUT2D eigenvalue weighted by atomic mass is 9.98. The third kappa shape index (κ3) is 3.98. The monoisotopic (exact) mass is 336 g/mol. The van der Waals surface area contributed by atoms with E-state index >= 15 is 0 Å². The molecule has 2 aromatic carbocycles. The first kappa shape index (κ1) is 16.6. The summed E-state index contributed by atoms with van der Waals surface area (Å²) in [6.07, 6.45) is 0. The van der Waals surface area contributed by atoms with Crippen molar-refractivity contribution in [3.8, 4) is 0 Å². The van der Waals surface area contributed by atoms with Gasteiger partial charge in [-0.1, -0.05) is 42.5 Å². The minimum Gasteiger partial charge on any atom is -0.358 e. The first-order valence-corrected chi connectivity index (χ1v) is 7.80. The van der Waals surface area contributed by atoms with Crippen LogP contribution in [0.5, 0.6) is 0 Å². The summed E-state index contributed by atoms with van der Waals surface area (Å²) in [5, 5.41) is 13.7. The zero-order valence-electron chi connectivity index (χ0n) is 13.6. The van der Waals surface area contributed by atoms with Crippen LogP contribution in [0.15, 0.2) is 66.7 Å². The highest BCUT2D eigenvalue weighted by atomic mass is 19.1. The van der Waals surface area contributed by atoms with Gasteiger partial charge in [0.25, 0.3) is 5.91 Å².